The molecular formula is C8H17NO5S. The van der Waals surface area contributed by atoms with E-state index < -0.39 is 31.0 Å². The average molecular weight is 239 g/mol. The van der Waals surface area contributed by atoms with Crippen LogP contribution < -0.4 is 5.32 Å². The Kier molecular flexibility index (Phi) is 5.27. The first-order chi connectivity index (χ1) is 7.07. The lowest BCUT2D eigenvalue weighted by atomic mass is 10.0. The van der Waals surface area contributed by atoms with E-state index in [4.69, 9.17) is 10.2 Å². The minimum absolute atomic E-state index is 0.347. The first kappa shape index (κ1) is 13.2. The van der Waals surface area contributed by atoms with Gasteiger partial charge in [-0.05, 0) is 0 Å². The van der Waals surface area contributed by atoms with Gasteiger partial charge in [0, 0.05) is 12.3 Å². The van der Waals surface area contributed by atoms with Gasteiger partial charge in [-0.2, -0.15) is 0 Å². The average Bonchev–Trinajstić information content (AvgIpc) is 2.78. The summed E-state index contributed by atoms with van der Waals surface area (Å²) >= 11 is 1.44. The maximum absolute atomic E-state index is 9.65. The smallest absolute Gasteiger partial charge is 0.111 e. The van der Waals surface area contributed by atoms with Gasteiger partial charge in [-0.25, -0.2) is 0 Å². The first-order valence-corrected chi connectivity index (χ1v) is 5.81. The Morgan fingerprint density at radius 1 is 1.20 bits per heavy atom. The molecule has 1 aliphatic heterocycles. The lowest BCUT2D eigenvalue weighted by Gasteiger charge is -2.28. The molecule has 6 N–H and O–H groups in total. The second kappa shape index (κ2) is 6.00. The molecule has 0 bridgehead atoms. The summed E-state index contributed by atoms with van der Waals surface area (Å²) in [6.45, 7) is 0.0773. The molecular weight excluding hydrogens is 222 g/mol. The summed E-state index contributed by atoms with van der Waals surface area (Å²) in [6.07, 6.45) is -5.64. The monoisotopic (exact) mass is 239 g/mol. The van der Waals surface area contributed by atoms with Crippen molar-refractivity contribution in [3.63, 3.8) is 0 Å². The fraction of sp³-hybridized carbons (Fsp3) is 1.00. The van der Waals surface area contributed by atoms with E-state index in [0.717, 1.165) is 12.3 Å². The van der Waals surface area contributed by atoms with Crippen molar-refractivity contribution >= 4 is 11.8 Å². The van der Waals surface area contributed by atoms with Crippen LogP contribution in [0.5, 0.6) is 0 Å². The molecule has 0 aromatic carbocycles. The zero-order chi connectivity index (χ0) is 11.4. The zero-order valence-corrected chi connectivity index (χ0v) is 8.97. The fourth-order valence-corrected chi connectivity index (χ4v) is 2.47. The highest BCUT2D eigenvalue weighted by Crippen LogP contribution is 2.20. The zero-order valence-electron chi connectivity index (χ0n) is 8.15. The van der Waals surface area contributed by atoms with Crippen LogP contribution in [-0.4, -0.2) is 74.2 Å². The number of hydrogen-bond acceptors (Lipinski definition) is 7. The Labute approximate surface area is 91.9 Å². The topological polar surface area (TPSA) is 113 Å². The SMILES string of the molecule is OC[C@@H](O)[C@H](O)[C@H](O)[C@@H](O)C1NCCS1. The molecule has 1 saturated heterocycles. The number of hydrogen-bond donors (Lipinski definition) is 6. The largest absolute Gasteiger partial charge is 0.394 e. The quantitative estimate of drug-likeness (QED) is 0.305. The molecule has 0 aromatic heterocycles. The van der Waals surface area contributed by atoms with Gasteiger partial charge < -0.3 is 30.8 Å². The Bertz CT molecular complexity index is 190. The van der Waals surface area contributed by atoms with E-state index in [2.05, 4.69) is 5.32 Å². The third kappa shape index (κ3) is 3.28. The highest BCUT2D eigenvalue weighted by Gasteiger charge is 2.35. The molecule has 1 aliphatic rings. The van der Waals surface area contributed by atoms with Gasteiger partial charge in [0.25, 0.3) is 0 Å². The van der Waals surface area contributed by atoms with Crippen molar-refractivity contribution in [1.29, 1.82) is 0 Å². The Morgan fingerprint density at radius 2 is 1.87 bits per heavy atom. The van der Waals surface area contributed by atoms with Crippen molar-refractivity contribution < 1.29 is 25.5 Å². The van der Waals surface area contributed by atoms with E-state index in [-0.39, 0.29) is 5.37 Å². The van der Waals surface area contributed by atoms with Crippen LogP contribution in [0.1, 0.15) is 0 Å². The molecule has 0 spiro atoms. The predicted molar refractivity (Wildman–Crippen MR) is 55.4 cm³/mol. The van der Waals surface area contributed by atoms with Crippen molar-refractivity contribution in [2.24, 2.45) is 0 Å². The third-order valence-corrected chi connectivity index (χ3v) is 3.58. The summed E-state index contributed by atoms with van der Waals surface area (Å²) in [7, 11) is 0. The minimum Gasteiger partial charge on any atom is -0.394 e. The normalized spacial score (nSPS) is 29.8. The molecule has 0 amide bonds. The maximum atomic E-state index is 9.65. The molecule has 0 saturated carbocycles. The van der Waals surface area contributed by atoms with Crippen LogP contribution in [0.2, 0.25) is 0 Å². The maximum Gasteiger partial charge on any atom is 0.111 e. The van der Waals surface area contributed by atoms with Gasteiger partial charge in [-0.3, -0.25) is 0 Å². The summed E-state index contributed by atoms with van der Waals surface area (Å²) in [5, 5.41) is 48.8. The van der Waals surface area contributed by atoms with E-state index in [0.29, 0.717) is 0 Å². The van der Waals surface area contributed by atoms with Gasteiger partial charge in [0.2, 0.25) is 0 Å². The molecule has 1 rings (SSSR count). The standard InChI is InChI=1S/C8H17NO5S/c10-3-4(11)5(12)6(13)7(14)8-9-1-2-15-8/h4-14H,1-3H2/t4-,5+,6+,7-,8?/m1/s1. The van der Waals surface area contributed by atoms with Gasteiger partial charge in [-0.1, -0.05) is 0 Å². The van der Waals surface area contributed by atoms with Crippen LogP contribution in [0.3, 0.4) is 0 Å². The highest BCUT2D eigenvalue weighted by molar-refractivity contribution is 8.00. The lowest BCUT2D eigenvalue weighted by molar-refractivity contribution is -0.115. The van der Waals surface area contributed by atoms with Gasteiger partial charge in [0.1, 0.15) is 24.4 Å². The van der Waals surface area contributed by atoms with E-state index in [9.17, 15) is 15.3 Å². The van der Waals surface area contributed by atoms with Crippen LogP contribution in [0.15, 0.2) is 0 Å². The summed E-state index contributed by atoms with van der Waals surface area (Å²) in [5.41, 5.74) is 0. The van der Waals surface area contributed by atoms with Gasteiger partial charge >= 0.3 is 0 Å². The highest BCUT2D eigenvalue weighted by atomic mass is 32.2. The van der Waals surface area contributed by atoms with Crippen LogP contribution in [0.4, 0.5) is 0 Å². The summed E-state index contributed by atoms with van der Waals surface area (Å²) in [4.78, 5) is 0. The number of aliphatic hydroxyl groups excluding tert-OH is 5. The molecule has 6 nitrogen and oxygen atoms in total. The number of nitrogens with one attached hydrogen (secondary N) is 1. The van der Waals surface area contributed by atoms with Crippen molar-refractivity contribution in [1.82, 2.24) is 5.32 Å². The van der Waals surface area contributed by atoms with Crippen molar-refractivity contribution in [3.05, 3.63) is 0 Å². The molecule has 7 heteroatoms. The number of aliphatic hydroxyl groups is 5. The van der Waals surface area contributed by atoms with E-state index in [1.54, 1.807) is 0 Å². The molecule has 1 fully saturated rings. The van der Waals surface area contributed by atoms with Crippen molar-refractivity contribution in [3.8, 4) is 0 Å². The minimum atomic E-state index is -1.55. The number of thioether (sulfide) groups is 1. The molecule has 15 heavy (non-hydrogen) atoms. The summed E-state index contributed by atoms with van der Waals surface area (Å²) < 4.78 is 0. The van der Waals surface area contributed by atoms with Gasteiger partial charge in [-0.15, -0.1) is 11.8 Å². The Balaban J connectivity index is 2.46. The Morgan fingerprint density at radius 3 is 2.33 bits per heavy atom. The van der Waals surface area contributed by atoms with Crippen molar-refractivity contribution in [2.45, 2.75) is 29.8 Å². The molecule has 1 unspecified atom stereocenters. The summed E-state index contributed by atoms with van der Waals surface area (Å²) in [6, 6.07) is 0. The van der Waals surface area contributed by atoms with Crippen LogP contribution in [0, 0.1) is 0 Å². The van der Waals surface area contributed by atoms with Gasteiger partial charge in [0.05, 0.1) is 12.0 Å². The van der Waals surface area contributed by atoms with Crippen LogP contribution >= 0.6 is 11.8 Å². The van der Waals surface area contributed by atoms with E-state index in [1.165, 1.54) is 11.8 Å². The first-order valence-electron chi connectivity index (χ1n) is 4.76. The molecule has 0 aromatic rings. The van der Waals surface area contributed by atoms with Crippen LogP contribution in [0.25, 0.3) is 0 Å². The van der Waals surface area contributed by atoms with Gasteiger partial charge in [0.15, 0.2) is 0 Å². The Hall–Kier alpha value is 0.110. The third-order valence-electron chi connectivity index (χ3n) is 2.34. The molecule has 0 radical (unpaired) electrons. The summed E-state index contributed by atoms with van der Waals surface area (Å²) in [5.74, 6) is 0.826. The van der Waals surface area contributed by atoms with E-state index >= 15 is 0 Å². The molecule has 1 heterocycles. The second-order valence-corrected chi connectivity index (χ2v) is 4.72. The second-order valence-electron chi connectivity index (χ2n) is 3.47. The molecule has 5 atom stereocenters. The van der Waals surface area contributed by atoms with E-state index in [1.807, 2.05) is 0 Å². The van der Waals surface area contributed by atoms with Crippen LogP contribution in [-0.2, 0) is 0 Å². The number of rotatable bonds is 5. The molecule has 0 aliphatic carbocycles. The predicted octanol–water partition coefficient (Wildman–Crippen LogP) is -2.92. The fourth-order valence-electron chi connectivity index (χ4n) is 1.38. The lowest BCUT2D eigenvalue weighted by Crippen LogP contribution is -2.51. The van der Waals surface area contributed by atoms with Crippen molar-refractivity contribution in [2.75, 3.05) is 18.9 Å². The molecule has 90 valence electrons.